The summed E-state index contributed by atoms with van der Waals surface area (Å²) in [6, 6.07) is 1.43. The number of nitrogens with one attached hydrogen (secondary N) is 1. The van der Waals surface area contributed by atoms with Gasteiger partial charge < -0.3 is 10.2 Å². The van der Waals surface area contributed by atoms with Gasteiger partial charge in [-0.05, 0) is 57.7 Å². The lowest BCUT2D eigenvalue weighted by atomic mass is 9.90. The number of nitrogens with zero attached hydrogens (tertiary/aromatic N) is 1. The Morgan fingerprint density at radius 2 is 2.24 bits per heavy atom. The molecular weight excluding hydrogens is 228 g/mol. The van der Waals surface area contributed by atoms with E-state index in [2.05, 4.69) is 37.4 Å². The van der Waals surface area contributed by atoms with E-state index in [4.69, 9.17) is 0 Å². The maximum absolute atomic E-state index is 3.68. The Morgan fingerprint density at radius 3 is 2.88 bits per heavy atom. The number of piperidine rings is 1. The van der Waals surface area contributed by atoms with Crippen molar-refractivity contribution in [2.75, 3.05) is 32.1 Å². The van der Waals surface area contributed by atoms with Crippen LogP contribution < -0.4 is 5.32 Å². The van der Waals surface area contributed by atoms with Gasteiger partial charge in [0.25, 0.3) is 0 Å². The predicted molar refractivity (Wildman–Crippen MR) is 79.9 cm³/mol. The number of rotatable bonds is 7. The molecule has 1 fully saturated rings. The van der Waals surface area contributed by atoms with Crippen LogP contribution in [0.3, 0.4) is 0 Å². The lowest BCUT2D eigenvalue weighted by Crippen LogP contribution is -2.47. The van der Waals surface area contributed by atoms with Gasteiger partial charge in [-0.25, -0.2) is 0 Å². The van der Waals surface area contributed by atoms with Crippen molar-refractivity contribution in [2.45, 2.75) is 51.6 Å². The second kappa shape index (κ2) is 8.39. The largest absolute Gasteiger partial charge is 0.313 e. The van der Waals surface area contributed by atoms with Crippen LogP contribution in [-0.4, -0.2) is 49.1 Å². The van der Waals surface area contributed by atoms with Gasteiger partial charge in [0.1, 0.15) is 0 Å². The highest BCUT2D eigenvalue weighted by atomic mass is 32.2. The van der Waals surface area contributed by atoms with Gasteiger partial charge in [-0.1, -0.05) is 13.3 Å². The highest BCUT2D eigenvalue weighted by Crippen LogP contribution is 2.20. The van der Waals surface area contributed by atoms with E-state index >= 15 is 0 Å². The first-order valence-electron chi connectivity index (χ1n) is 7.09. The summed E-state index contributed by atoms with van der Waals surface area (Å²) in [4.78, 5) is 2.53. The molecule has 0 bridgehead atoms. The van der Waals surface area contributed by atoms with Crippen molar-refractivity contribution >= 4 is 11.8 Å². The fourth-order valence-corrected chi connectivity index (χ4v) is 3.22. The summed E-state index contributed by atoms with van der Waals surface area (Å²) >= 11 is 1.96. The van der Waals surface area contributed by atoms with E-state index in [1.807, 2.05) is 11.8 Å². The molecule has 1 rings (SSSR count). The van der Waals surface area contributed by atoms with E-state index in [9.17, 15) is 0 Å². The molecule has 1 heterocycles. The minimum atomic E-state index is 0.714. The van der Waals surface area contributed by atoms with E-state index in [1.165, 1.54) is 44.5 Å². The van der Waals surface area contributed by atoms with E-state index in [-0.39, 0.29) is 0 Å². The molecule has 1 N–H and O–H groups in total. The van der Waals surface area contributed by atoms with Gasteiger partial charge in [-0.2, -0.15) is 11.8 Å². The lowest BCUT2D eigenvalue weighted by Gasteiger charge is -2.34. The van der Waals surface area contributed by atoms with E-state index in [1.54, 1.807) is 0 Å². The third-order valence-corrected chi connectivity index (χ3v) is 4.83. The maximum atomic E-state index is 3.68. The standard InChI is InChI=1S/C14H30N2S/c1-5-13-6-8-15-14(10-13)11-16(3)12(2)7-9-17-4/h12-15H,5-11H2,1-4H3. The van der Waals surface area contributed by atoms with Crippen LogP contribution in [0.4, 0.5) is 0 Å². The van der Waals surface area contributed by atoms with Gasteiger partial charge >= 0.3 is 0 Å². The first-order valence-corrected chi connectivity index (χ1v) is 8.49. The molecule has 0 saturated carbocycles. The molecule has 1 aliphatic rings. The monoisotopic (exact) mass is 258 g/mol. The van der Waals surface area contributed by atoms with Crippen molar-refractivity contribution in [2.24, 2.45) is 5.92 Å². The summed E-state index contributed by atoms with van der Waals surface area (Å²) in [7, 11) is 2.28. The van der Waals surface area contributed by atoms with Crippen molar-refractivity contribution in [3.05, 3.63) is 0 Å². The summed E-state index contributed by atoms with van der Waals surface area (Å²) in [5.41, 5.74) is 0. The van der Waals surface area contributed by atoms with E-state index in [0.29, 0.717) is 6.04 Å². The van der Waals surface area contributed by atoms with Crippen LogP contribution in [0.1, 0.15) is 39.5 Å². The van der Waals surface area contributed by atoms with Gasteiger partial charge in [0.15, 0.2) is 0 Å². The van der Waals surface area contributed by atoms with Crippen LogP contribution in [0.5, 0.6) is 0 Å². The van der Waals surface area contributed by atoms with Crippen LogP contribution in [0.15, 0.2) is 0 Å². The second-order valence-electron chi connectivity index (χ2n) is 5.52. The highest BCUT2D eigenvalue weighted by Gasteiger charge is 2.22. The molecule has 3 heteroatoms. The Hall–Kier alpha value is 0.270. The van der Waals surface area contributed by atoms with Crippen molar-refractivity contribution < 1.29 is 0 Å². The molecule has 102 valence electrons. The second-order valence-corrected chi connectivity index (χ2v) is 6.51. The SMILES string of the molecule is CCC1CCNC(CN(C)C(C)CCSC)C1. The minimum Gasteiger partial charge on any atom is -0.313 e. The average molecular weight is 258 g/mol. The topological polar surface area (TPSA) is 15.3 Å². The molecule has 1 saturated heterocycles. The quantitative estimate of drug-likeness (QED) is 0.756. The van der Waals surface area contributed by atoms with Crippen LogP contribution >= 0.6 is 11.8 Å². The Labute approximate surface area is 112 Å². The third-order valence-electron chi connectivity index (χ3n) is 4.18. The minimum absolute atomic E-state index is 0.714. The van der Waals surface area contributed by atoms with Crippen molar-refractivity contribution in [3.63, 3.8) is 0 Å². The number of hydrogen-bond acceptors (Lipinski definition) is 3. The fraction of sp³-hybridized carbons (Fsp3) is 1.00. The molecule has 17 heavy (non-hydrogen) atoms. The van der Waals surface area contributed by atoms with Crippen molar-refractivity contribution in [3.8, 4) is 0 Å². The molecule has 2 nitrogen and oxygen atoms in total. The van der Waals surface area contributed by atoms with Gasteiger partial charge in [0.2, 0.25) is 0 Å². The van der Waals surface area contributed by atoms with E-state index in [0.717, 1.165) is 12.0 Å². The predicted octanol–water partition coefficient (Wildman–Crippen LogP) is 2.84. The fourth-order valence-electron chi connectivity index (χ4n) is 2.64. The lowest BCUT2D eigenvalue weighted by molar-refractivity contribution is 0.189. The summed E-state index contributed by atoms with van der Waals surface area (Å²) in [6.07, 6.45) is 7.60. The summed E-state index contributed by atoms with van der Waals surface area (Å²) in [5, 5.41) is 3.68. The molecule has 3 unspecified atom stereocenters. The number of thioether (sulfide) groups is 1. The van der Waals surface area contributed by atoms with Crippen LogP contribution in [0.2, 0.25) is 0 Å². The van der Waals surface area contributed by atoms with Crippen LogP contribution in [0, 0.1) is 5.92 Å². The summed E-state index contributed by atoms with van der Waals surface area (Å²) in [6.45, 7) is 7.12. The van der Waals surface area contributed by atoms with Crippen LogP contribution in [0.25, 0.3) is 0 Å². The molecular formula is C14H30N2S. The zero-order valence-electron chi connectivity index (χ0n) is 12.0. The molecule has 0 aromatic carbocycles. The zero-order chi connectivity index (χ0) is 12.7. The average Bonchev–Trinajstić information content (AvgIpc) is 2.36. The summed E-state index contributed by atoms with van der Waals surface area (Å²) < 4.78 is 0. The van der Waals surface area contributed by atoms with Crippen molar-refractivity contribution in [1.82, 2.24) is 10.2 Å². The van der Waals surface area contributed by atoms with Crippen molar-refractivity contribution in [1.29, 1.82) is 0 Å². The molecule has 0 aromatic rings. The highest BCUT2D eigenvalue weighted by molar-refractivity contribution is 7.98. The molecule has 0 aromatic heterocycles. The van der Waals surface area contributed by atoms with Gasteiger partial charge in [0.05, 0.1) is 0 Å². The van der Waals surface area contributed by atoms with Gasteiger partial charge in [0, 0.05) is 18.6 Å². The summed E-state index contributed by atoms with van der Waals surface area (Å²) in [5.74, 6) is 2.23. The van der Waals surface area contributed by atoms with Crippen LogP contribution in [-0.2, 0) is 0 Å². The van der Waals surface area contributed by atoms with Gasteiger partial charge in [-0.15, -0.1) is 0 Å². The number of hydrogen-bond donors (Lipinski definition) is 1. The maximum Gasteiger partial charge on any atom is 0.0197 e. The third kappa shape index (κ3) is 5.62. The zero-order valence-corrected chi connectivity index (χ0v) is 12.9. The van der Waals surface area contributed by atoms with E-state index < -0.39 is 0 Å². The molecule has 0 amide bonds. The molecule has 1 aliphatic heterocycles. The molecule has 0 aliphatic carbocycles. The first-order chi connectivity index (χ1) is 8.17. The molecule has 3 atom stereocenters. The van der Waals surface area contributed by atoms with Gasteiger partial charge in [-0.3, -0.25) is 0 Å². The Morgan fingerprint density at radius 1 is 1.47 bits per heavy atom. The molecule has 0 radical (unpaired) electrons. The smallest absolute Gasteiger partial charge is 0.0197 e. The first kappa shape index (κ1) is 15.3. The number of likely N-dealkylation sites (N-methyl/N-ethyl adjacent to an activating group) is 1. The molecule has 0 spiro atoms. The Balaban J connectivity index is 2.26. The Kier molecular flexibility index (Phi) is 7.56. The normalized spacial score (nSPS) is 27.4. The Bertz CT molecular complexity index is 199.